The molecule has 0 nitrogen and oxygen atoms in total. The number of hydrogen-bond donors (Lipinski definition) is 0. The molecule has 0 aliphatic heterocycles. The van der Waals surface area contributed by atoms with Crippen molar-refractivity contribution in [3.8, 4) is 0 Å². The van der Waals surface area contributed by atoms with Gasteiger partial charge in [-0.1, -0.05) is 64.3 Å². The van der Waals surface area contributed by atoms with Crippen LogP contribution in [-0.4, -0.2) is 0 Å². The lowest BCUT2D eigenvalue weighted by Crippen LogP contribution is -1.84. The highest BCUT2D eigenvalue weighted by atomic mass is 14.0. The molecule has 15 heavy (non-hydrogen) atoms. The molecule has 0 heteroatoms. The summed E-state index contributed by atoms with van der Waals surface area (Å²) in [4.78, 5) is 0. The van der Waals surface area contributed by atoms with Crippen LogP contribution in [0.2, 0.25) is 0 Å². The van der Waals surface area contributed by atoms with Gasteiger partial charge in [0.25, 0.3) is 0 Å². The molecule has 0 amide bonds. The second-order valence-corrected chi connectivity index (χ2v) is 2.90. The molecule has 0 N–H and O–H groups in total. The van der Waals surface area contributed by atoms with Crippen LogP contribution in [0.3, 0.4) is 0 Å². The molecule has 1 rings (SSSR count). The standard InChI is InChI=1S/C12H14.C2H6.CH4/c1-4-5-9-12-10(2)7-6-8-11(12)3;1-2;/h4-9H,1H2,2-3H3;1-2H3;1H4/b9-5-;;. The van der Waals surface area contributed by atoms with Gasteiger partial charge in [0.05, 0.1) is 0 Å². The minimum atomic E-state index is 0. The van der Waals surface area contributed by atoms with E-state index in [2.05, 4.69) is 44.7 Å². The Balaban J connectivity index is 0. The van der Waals surface area contributed by atoms with Crippen molar-refractivity contribution < 1.29 is 0 Å². The molecule has 0 aliphatic carbocycles. The Bertz CT molecular complexity index is 286. The third kappa shape index (κ3) is 5.21. The minimum absolute atomic E-state index is 0. The third-order valence-electron chi connectivity index (χ3n) is 1.94. The molecular formula is C15H24. The van der Waals surface area contributed by atoms with Crippen LogP contribution in [0.4, 0.5) is 0 Å². The quantitative estimate of drug-likeness (QED) is 0.583. The predicted octanol–water partition coefficient (Wildman–Crippen LogP) is 5.16. The van der Waals surface area contributed by atoms with Crippen LogP contribution in [-0.2, 0) is 0 Å². The molecule has 0 saturated heterocycles. The van der Waals surface area contributed by atoms with Crippen molar-refractivity contribution in [1.82, 2.24) is 0 Å². The van der Waals surface area contributed by atoms with E-state index in [9.17, 15) is 0 Å². The van der Waals surface area contributed by atoms with Crippen LogP contribution in [0, 0.1) is 13.8 Å². The van der Waals surface area contributed by atoms with E-state index >= 15 is 0 Å². The summed E-state index contributed by atoms with van der Waals surface area (Å²) in [6.07, 6.45) is 5.86. The number of hydrogen-bond acceptors (Lipinski definition) is 0. The van der Waals surface area contributed by atoms with Gasteiger partial charge in [-0.25, -0.2) is 0 Å². The Kier molecular flexibility index (Phi) is 9.97. The van der Waals surface area contributed by atoms with Gasteiger partial charge in [-0.15, -0.1) is 0 Å². The Morgan fingerprint density at radius 3 is 1.93 bits per heavy atom. The highest BCUT2D eigenvalue weighted by Crippen LogP contribution is 2.14. The second-order valence-electron chi connectivity index (χ2n) is 2.90. The van der Waals surface area contributed by atoms with E-state index < -0.39 is 0 Å². The fraction of sp³-hybridized carbons (Fsp3) is 0.333. The maximum Gasteiger partial charge on any atom is -0.0198 e. The van der Waals surface area contributed by atoms with Gasteiger partial charge in [-0.2, -0.15) is 0 Å². The van der Waals surface area contributed by atoms with Gasteiger partial charge in [-0.05, 0) is 30.5 Å². The van der Waals surface area contributed by atoms with Crippen LogP contribution >= 0.6 is 0 Å². The Labute approximate surface area is 95.3 Å². The molecule has 1 aromatic rings. The zero-order valence-electron chi connectivity index (χ0n) is 9.67. The van der Waals surface area contributed by atoms with Gasteiger partial charge in [0.15, 0.2) is 0 Å². The summed E-state index contributed by atoms with van der Waals surface area (Å²) < 4.78 is 0. The summed E-state index contributed by atoms with van der Waals surface area (Å²) in [7, 11) is 0. The molecule has 0 saturated carbocycles. The van der Waals surface area contributed by atoms with E-state index in [1.807, 2.05) is 19.9 Å². The predicted molar refractivity (Wildman–Crippen MR) is 73.2 cm³/mol. The SMILES string of the molecule is C.C=C/C=C\c1c(C)cccc1C.CC. The van der Waals surface area contributed by atoms with Crippen molar-refractivity contribution in [2.75, 3.05) is 0 Å². The molecule has 0 atom stereocenters. The maximum absolute atomic E-state index is 3.65. The van der Waals surface area contributed by atoms with Gasteiger partial charge >= 0.3 is 0 Å². The first-order chi connectivity index (χ1) is 6.75. The lowest BCUT2D eigenvalue weighted by atomic mass is 10.0. The van der Waals surface area contributed by atoms with Crippen LogP contribution in [0.15, 0.2) is 36.9 Å². The molecule has 0 bridgehead atoms. The number of benzene rings is 1. The van der Waals surface area contributed by atoms with Gasteiger partial charge in [0.2, 0.25) is 0 Å². The van der Waals surface area contributed by atoms with Crippen LogP contribution < -0.4 is 0 Å². The van der Waals surface area contributed by atoms with Crippen molar-refractivity contribution in [2.24, 2.45) is 0 Å². The molecule has 0 spiro atoms. The van der Waals surface area contributed by atoms with Gasteiger partial charge in [0, 0.05) is 0 Å². The van der Waals surface area contributed by atoms with Crippen molar-refractivity contribution in [1.29, 1.82) is 0 Å². The third-order valence-corrected chi connectivity index (χ3v) is 1.94. The second kappa shape index (κ2) is 9.26. The Hall–Kier alpha value is -1.30. The van der Waals surface area contributed by atoms with Gasteiger partial charge in [0.1, 0.15) is 0 Å². The smallest absolute Gasteiger partial charge is 0.0198 e. The summed E-state index contributed by atoms with van der Waals surface area (Å²) >= 11 is 0. The van der Waals surface area contributed by atoms with E-state index in [0.29, 0.717) is 0 Å². The fourth-order valence-corrected chi connectivity index (χ4v) is 1.25. The Morgan fingerprint density at radius 1 is 1.07 bits per heavy atom. The van der Waals surface area contributed by atoms with Gasteiger partial charge < -0.3 is 0 Å². The molecule has 0 aliphatic rings. The number of rotatable bonds is 2. The van der Waals surface area contributed by atoms with Crippen LogP contribution in [0.5, 0.6) is 0 Å². The van der Waals surface area contributed by atoms with Crippen molar-refractivity contribution >= 4 is 6.08 Å². The molecule has 0 radical (unpaired) electrons. The summed E-state index contributed by atoms with van der Waals surface area (Å²) in [5, 5.41) is 0. The van der Waals surface area contributed by atoms with E-state index in [1.54, 1.807) is 6.08 Å². The molecule has 84 valence electrons. The van der Waals surface area contributed by atoms with E-state index in [4.69, 9.17) is 0 Å². The first kappa shape index (κ1) is 16.1. The zero-order chi connectivity index (χ0) is 11.0. The molecule has 0 heterocycles. The maximum atomic E-state index is 3.65. The van der Waals surface area contributed by atoms with Crippen LogP contribution in [0.25, 0.3) is 6.08 Å². The first-order valence-corrected chi connectivity index (χ1v) is 5.11. The van der Waals surface area contributed by atoms with Crippen LogP contribution in [0.1, 0.15) is 38.0 Å². The van der Waals surface area contributed by atoms with Crippen molar-refractivity contribution in [3.63, 3.8) is 0 Å². The molecular weight excluding hydrogens is 180 g/mol. The lowest BCUT2D eigenvalue weighted by molar-refractivity contribution is 1.36. The molecule has 0 aromatic heterocycles. The normalized spacial score (nSPS) is 8.80. The molecule has 0 unspecified atom stereocenters. The fourth-order valence-electron chi connectivity index (χ4n) is 1.25. The molecule has 0 fully saturated rings. The highest BCUT2D eigenvalue weighted by Gasteiger charge is 1.95. The van der Waals surface area contributed by atoms with Crippen molar-refractivity contribution in [3.05, 3.63) is 53.6 Å². The summed E-state index contributed by atoms with van der Waals surface area (Å²) in [6.45, 7) is 11.9. The summed E-state index contributed by atoms with van der Waals surface area (Å²) in [5.41, 5.74) is 3.93. The Morgan fingerprint density at radius 2 is 1.53 bits per heavy atom. The summed E-state index contributed by atoms with van der Waals surface area (Å²) in [5.74, 6) is 0. The average molecular weight is 204 g/mol. The molecule has 1 aromatic carbocycles. The van der Waals surface area contributed by atoms with Crippen molar-refractivity contribution in [2.45, 2.75) is 35.1 Å². The largest absolute Gasteiger partial charge is 0.0991 e. The monoisotopic (exact) mass is 204 g/mol. The minimum Gasteiger partial charge on any atom is -0.0991 e. The lowest BCUT2D eigenvalue weighted by Gasteiger charge is -2.03. The van der Waals surface area contributed by atoms with E-state index in [0.717, 1.165) is 0 Å². The zero-order valence-corrected chi connectivity index (χ0v) is 9.67. The topological polar surface area (TPSA) is 0 Å². The summed E-state index contributed by atoms with van der Waals surface area (Å²) in [6, 6.07) is 6.32. The number of allylic oxidation sites excluding steroid dienone is 2. The first-order valence-electron chi connectivity index (χ1n) is 5.11. The average Bonchev–Trinajstić information content (AvgIpc) is 2.20. The van der Waals surface area contributed by atoms with Gasteiger partial charge in [-0.3, -0.25) is 0 Å². The number of aryl methyl sites for hydroxylation is 2. The highest BCUT2D eigenvalue weighted by molar-refractivity contribution is 5.58. The van der Waals surface area contributed by atoms with E-state index in [-0.39, 0.29) is 7.43 Å². The van der Waals surface area contributed by atoms with E-state index in [1.165, 1.54) is 16.7 Å².